The van der Waals surface area contributed by atoms with Gasteiger partial charge in [-0.25, -0.2) is 0 Å². The number of nitrogens with two attached hydrogens (primary N) is 1. The summed E-state index contributed by atoms with van der Waals surface area (Å²) in [5.74, 6) is 2.13. The molecule has 1 amide bonds. The van der Waals surface area contributed by atoms with Crippen LogP contribution in [0.1, 0.15) is 56.1 Å². The highest BCUT2D eigenvalue weighted by Gasteiger charge is 2.29. The molecule has 144 valence electrons. The molecule has 0 radical (unpaired) electrons. The number of nitrogens with zero attached hydrogens (tertiary/aromatic N) is 1. The van der Waals surface area contributed by atoms with Gasteiger partial charge in [0.05, 0.1) is 6.04 Å². The van der Waals surface area contributed by atoms with Gasteiger partial charge in [-0.15, -0.1) is 24.8 Å². The maximum absolute atomic E-state index is 12.5. The van der Waals surface area contributed by atoms with Crippen molar-refractivity contribution in [2.24, 2.45) is 11.7 Å². The maximum atomic E-state index is 12.5. The summed E-state index contributed by atoms with van der Waals surface area (Å²) in [4.78, 5) is 14.9. The highest BCUT2D eigenvalue weighted by Crippen LogP contribution is 2.27. The Bertz CT molecular complexity index is 532. The lowest BCUT2D eigenvalue weighted by Crippen LogP contribution is -2.41. The second-order valence-electron chi connectivity index (χ2n) is 7.08. The molecule has 1 aromatic heterocycles. The van der Waals surface area contributed by atoms with Crippen molar-refractivity contribution in [3.8, 4) is 0 Å². The van der Waals surface area contributed by atoms with Crippen LogP contribution in [0.5, 0.6) is 0 Å². The van der Waals surface area contributed by atoms with Crippen LogP contribution in [-0.2, 0) is 4.79 Å². The summed E-state index contributed by atoms with van der Waals surface area (Å²) in [7, 11) is 0. The average Bonchev–Trinajstić information content (AvgIpc) is 3.20. The smallest absolute Gasteiger partial charge is 0.223 e. The minimum atomic E-state index is 0. The SMILES string of the molecule is Cc1ccc(C(CNC(=O)C2CCCC(N)C2)N2CCCC2)o1.Cl.Cl. The first-order valence-electron chi connectivity index (χ1n) is 8.97. The number of carbonyl (C=O) groups is 1. The first kappa shape index (κ1) is 22.3. The van der Waals surface area contributed by atoms with Crippen LogP contribution in [0, 0.1) is 12.8 Å². The van der Waals surface area contributed by atoms with E-state index in [1.165, 1.54) is 12.8 Å². The number of rotatable bonds is 5. The van der Waals surface area contributed by atoms with E-state index in [4.69, 9.17) is 10.2 Å². The van der Waals surface area contributed by atoms with Crippen molar-refractivity contribution in [1.29, 1.82) is 0 Å². The van der Waals surface area contributed by atoms with Gasteiger partial charge in [0.25, 0.3) is 0 Å². The molecule has 0 bridgehead atoms. The van der Waals surface area contributed by atoms with Crippen molar-refractivity contribution in [3.05, 3.63) is 23.7 Å². The fourth-order valence-corrected chi connectivity index (χ4v) is 3.90. The Balaban J connectivity index is 0.00000156. The van der Waals surface area contributed by atoms with Crippen LogP contribution in [-0.4, -0.2) is 36.5 Å². The molecule has 1 aliphatic carbocycles. The van der Waals surface area contributed by atoms with Crippen LogP contribution in [0.4, 0.5) is 0 Å². The summed E-state index contributed by atoms with van der Waals surface area (Å²) < 4.78 is 5.84. The second kappa shape index (κ2) is 10.4. The van der Waals surface area contributed by atoms with Gasteiger partial charge in [-0.2, -0.15) is 0 Å². The molecule has 3 atom stereocenters. The van der Waals surface area contributed by atoms with Crippen LogP contribution in [0.2, 0.25) is 0 Å². The summed E-state index contributed by atoms with van der Waals surface area (Å²) in [6.45, 7) is 4.74. The molecule has 3 N–H and O–H groups in total. The quantitative estimate of drug-likeness (QED) is 0.807. The first-order valence-corrected chi connectivity index (χ1v) is 8.97. The molecule has 7 heteroatoms. The van der Waals surface area contributed by atoms with E-state index >= 15 is 0 Å². The molecular weight excluding hydrogens is 361 g/mol. The van der Waals surface area contributed by atoms with Gasteiger partial charge >= 0.3 is 0 Å². The molecule has 3 unspecified atom stereocenters. The third-order valence-electron chi connectivity index (χ3n) is 5.23. The summed E-state index contributed by atoms with van der Waals surface area (Å²) in [5.41, 5.74) is 6.01. The molecule has 2 heterocycles. The zero-order valence-electron chi connectivity index (χ0n) is 14.9. The van der Waals surface area contributed by atoms with Crippen LogP contribution < -0.4 is 11.1 Å². The van der Waals surface area contributed by atoms with E-state index in [1.54, 1.807) is 0 Å². The molecule has 0 aromatic carbocycles. The number of furan rings is 1. The van der Waals surface area contributed by atoms with Crippen LogP contribution in [0.25, 0.3) is 0 Å². The number of aryl methyl sites for hydroxylation is 1. The fraction of sp³-hybridized carbons (Fsp3) is 0.722. The van der Waals surface area contributed by atoms with Crippen molar-refractivity contribution in [1.82, 2.24) is 10.2 Å². The number of hydrogen-bond donors (Lipinski definition) is 2. The predicted octanol–water partition coefficient (Wildman–Crippen LogP) is 3.20. The van der Waals surface area contributed by atoms with Gasteiger partial charge in [-0.3, -0.25) is 9.69 Å². The van der Waals surface area contributed by atoms with E-state index in [9.17, 15) is 4.79 Å². The Kier molecular flexibility index (Phi) is 9.28. The molecule has 1 saturated heterocycles. The lowest BCUT2D eigenvalue weighted by Gasteiger charge is -2.29. The summed E-state index contributed by atoms with van der Waals surface area (Å²) in [6, 6.07) is 4.37. The Hall–Kier alpha value is -0.750. The molecule has 1 aromatic rings. The highest BCUT2D eigenvalue weighted by molar-refractivity contribution is 5.85. The zero-order chi connectivity index (χ0) is 16.2. The number of halogens is 2. The van der Waals surface area contributed by atoms with Crippen LogP contribution >= 0.6 is 24.8 Å². The average molecular weight is 392 g/mol. The molecular formula is C18H31Cl2N3O2. The minimum Gasteiger partial charge on any atom is -0.465 e. The van der Waals surface area contributed by atoms with E-state index < -0.39 is 0 Å². The monoisotopic (exact) mass is 391 g/mol. The lowest BCUT2D eigenvalue weighted by atomic mass is 9.85. The third kappa shape index (κ3) is 5.88. The van der Waals surface area contributed by atoms with Crippen molar-refractivity contribution in [3.63, 3.8) is 0 Å². The van der Waals surface area contributed by atoms with Crippen molar-refractivity contribution in [2.45, 2.75) is 57.5 Å². The number of nitrogens with one attached hydrogen (secondary N) is 1. The largest absolute Gasteiger partial charge is 0.465 e. The minimum absolute atomic E-state index is 0. The molecule has 25 heavy (non-hydrogen) atoms. The fourth-order valence-electron chi connectivity index (χ4n) is 3.90. The Morgan fingerprint density at radius 1 is 1.28 bits per heavy atom. The topological polar surface area (TPSA) is 71.5 Å². The lowest BCUT2D eigenvalue weighted by molar-refractivity contribution is -0.126. The number of amides is 1. The van der Waals surface area contributed by atoms with Gasteiger partial charge in [0.15, 0.2) is 0 Å². The molecule has 1 saturated carbocycles. The molecule has 1 aliphatic heterocycles. The van der Waals surface area contributed by atoms with Crippen LogP contribution in [0.3, 0.4) is 0 Å². The standard InChI is InChI=1S/C18H29N3O2.2ClH/c1-13-7-8-17(23-13)16(21-9-2-3-10-21)12-20-18(22)14-5-4-6-15(19)11-14;;/h7-8,14-16H,2-6,9-12,19H2,1H3,(H,20,22);2*1H. The van der Waals surface area contributed by atoms with E-state index in [2.05, 4.69) is 10.2 Å². The van der Waals surface area contributed by atoms with E-state index in [0.717, 1.165) is 50.3 Å². The normalized spacial score (nSPS) is 24.9. The summed E-state index contributed by atoms with van der Waals surface area (Å²) in [5, 5.41) is 3.16. The van der Waals surface area contributed by atoms with Gasteiger partial charge in [-0.05, 0) is 64.3 Å². The van der Waals surface area contributed by atoms with E-state index in [0.29, 0.717) is 6.54 Å². The molecule has 5 nitrogen and oxygen atoms in total. The Morgan fingerprint density at radius 2 is 2.00 bits per heavy atom. The van der Waals surface area contributed by atoms with Gasteiger partial charge in [-0.1, -0.05) is 6.42 Å². The van der Waals surface area contributed by atoms with Crippen molar-refractivity contribution >= 4 is 30.7 Å². The third-order valence-corrected chi connectivity index (χ3v) is 5.23. The van der Waals surface area contributed by atoms with Crippen LogP contribution in [0.15, 0.2) is 16.5 Å². The van der Waals surface area contributed by atoms with E-state index in [-0.39, 0.29) is 48.7 Å². The molecule has 2 fully saturated rings. The first-order chi connectivity index (χ1) is 11.1. The Labute approximate surface area is 162 Å². The molecule has 3 rings (SSSR count). The number of carbonyl (C=O) groups excluding carboxylic acids is 1. The highest BCUT2D eigenvalue weighted by atomic mass is 35.5. The van der Waals surface area contributed by atoms with Gasteiger partial charge in [0.1, 0.15) is 11.5 Å². The number of likely N-dealkylation sites (tertiary alicyclic amines) is 1. The molecule has 2 aliphatic rings. The Morgan fingerprint density at radius 3 is 2.60 bits per heavy atom. The number of hydrogen-bond acceptors (Lipinski definition) is 4. The zero-order valence-corrected chi connectivity index (χ0v) is 16.5. The van der Waals surface area contributed by atoms with Crippen molar-refractivity contribution in [2.75, 3.05) is 19.6 Å². The van der Waals surface area contributed by atoms with Gasteiger partial charge in [0.2, 0.25) is 5.91 Å². The molecule has 0 spiro atoms. The second-order valence-corrected chi connectivity index (χ2v) is 7.08. The predicted molar refractivity (Wildman–Crippen MR) is 104 cm³/mol. The summed E-state index contributed by atoms with van der Waals surface area (Å²) >= 11 is 0. The van der Waals surface area contributed by atoms with E-state index in [1.807, 2.05) is 19.1 Å². The van der Waals surface area contributed by atoms with Gasteiger partial charge < -0.3 is 15.5 Å². The summed E-state index contributed by atoms with van der Waals surface area (Å²) in [6.07, 6.45) is 6.34. The maximum Gasteiger partial charge on any atom is 0.223 e. The van der Waals surface area contributed by atoms with Crippen molar-refractivity contribution < 1.29 is 9.21 Å². The van der Waals surface area contributed by atoms with Gasteiger partial charge in [0, 0.05) is 18.5 Å².